The predicted octanol–water partition coefficient (Wildman–Crippen LogP) is 2.83. The SMILES string of the molecule is Nc1ccccc1SC1CC(=O)N(c2ccc(F)cc2)C1=O. The van der Waals surface area contributed by atoms with Crippen molar-refractivity contribution in [1.29, 1.82) is 0 Å². The summed E-state index contributed by atoms with van der Waals surface area (Å²) in [5, 5.41) is -0.512. The van der Waals surface area contributed by atoms with Crippen molar-refractivity contribution >= 4 is 35.0 Å². The molecule has 0 aromatic heterocycles. The van der Waals surface area contributed by atoms with Crippen LogP contribution in [-0.2, 0) is 9.59 Å². The molecule has 2 aromatic rings. The molecule has 0 radical (unpaired) electrons. The topological polar surface area (TPSA) is 63.4 Å². The van der Waals surface area contributed by atoms with Crippen LogP contribution in [0, 0.1) is 5.82 Å². The Bertz CT molecular complexity index is 733. The second-order valence-electron chi connectivity index (χ2n) is 4.89. The molecule has 0 spiro atoms. The summed E-state index contributed by atoms with van der Waals surface area (Å²) >= 11 is 1.28. The minimum absolute atomic E-state index is 0.106. The van der Waals surface area contributed by atoms with Crippen molar-refractivity contribution in [2.24, 2.45) is 0 Å². The van der Waals surface area contributed by atoms with E-state index in [1.54, 1.807) is 6.07 Å². The van der Waals surface area contributed by atoms with Crippen molar-refractivity contribution in [1.82, 2.24) is 0 Å². The number of para-hydroxylation sites is 1. The Labute approximate surface area is 131 Å². The third kappa shape index (κ3) is 2.69. The molecule has 1 aliphatic heterocycles. The van der Waals surface area contributed by atoms with Crippen molar-refractivity contribution in [3.63, 3.8) is 0 Å². The maximum Gasteiger partial charge on any atom is 0.247 e. The van der Waals surface area contributed by atoms with Crippen molar-refractivity contribution < 1.29 is 14.0 Å². The summed E-state index contributed by atoms with van der Waals surface area (Å²) in [5.41, 5.74) is 6.84. The molecule has 0 bridgehead atoms. The van der Waals surface area contributed by atoms with Crippen LogP contribution in [0.3, 0.4) is 0 Å². The van der Waals surface area contributed by atoms with Gasteiger partial charge in [0, 0.05) is 17.0 Å². The second-order valence-corrected chi connectivity index (χ2v) is 6.14. The van der Waals surface area contributed by atoms with E-state index in [2.05, 4.69) is 0 Å². The maximum absolute atomic E-state index is 13.0. The number of anilines is 2. The van der Waals surface area contributed by atoms with Gasteiger partial charge in [0.05, 0.1) is 10.9 Å². The zero-order valence-electron chi connectivity index (χ0n) is 11.5. The number of hydrogen-bond acceptors (Lipinski definition) is 4. The van der Waals surface area contributed by atoms with E-state index in [1.165, 1.54) is 36.0 Å². The molecule has 1 fully saturated rings. The number of imide groups is 1. The van der Waals surface area contributed by atoms with Crippen LogP contribution in [-0.4, -0.2) is 17.1 Å². The van der Waals surface area contributed by atoms with Gasteiger partial charge in [-0.25, -0.2) is 9.29 Å². The lowest BCUT2D eigenvalue weighted by Crippen LogP contribution is -2.31. The maximum atomic E-state index is 13.0. The van der Waals surface area contributed by atoms with Crippen LogP contribution >= 0.6 is 11.8 Å². The normalized spacial score (nSPS) is 18.0. The van der Waals surface area contributed by atoms with E-state index < -0.39 is 11.1 Å². The Morgan fingerprint density at radius 3 is 2.45 bits per heavy atom. The van der Waals surface area contributed by atoms with Crippen LogP contribution in [0.2, 0.25) is 0 Å². The summed E-state index contributed by atoms with van der Waals surface area (Å²) in [4.78, 5) is 26.5. The third-order valence-electron chi connectivity index (χ3n) is 3.38. The van der Waals surface area contributed by atoms with Gasteiger partial charge in [-0.15, -0.1) is 11.8 Å². The van der Waals surface area contributed by atoms with E-state index in [0.717, 1.165) is 9.80 Å². The highest BCUT2D eigenvalue weighted by Gasteiger charge is 2.40. The fourth-order valence-corrected chi connectivity index (χ4v) is 3.40. The molecule has 1 unspecified atom stereocenters. The Morgan fingerprint density at radius 2 is 1.77 bits per heavy atom. The molecule has 6 heteroatoms. The van der Waals surface area contributed by atoms with Crippen LogP contribution in [0.5, 0.6) is 0 Å². The largest absolute Gasteiger partial charge is 0.398 e. The second kappa shape index (κ2) is 5.81. The summed E-state index contributed by atoms with van der Waals surface area (Å²) in [5.74, 6) is -1.00. The highest BCUT2D eigenvalue weighted by atomic mass is 32.2. The molecular formula is C16H13FN2O2S. The average molecular weight is 316 g/mol. The molecule has 4 nitrogen and oxygen atoms in total. The van der Waals surface area contributed by atoms with E-state index >= 15 is 0 Å². The van der Waals surface area contributed by atoms with Crippen LogP contribution < -0.4 is 10.6 Å². The lowest BCUT2D eigenvalue weighted by molar-refractivity contribution is -0.121. The Kier molecular flexibility index (Phi) is 3.85. The summed E-state index contributed by atoms with van der Waals surface area (Å²) in [7, 11) is 0. The lowest BCUT2D eigenvalue weighted by Gasteiger charge is -2.15. The molecule has 112 valence electrons. The molecular weight excluding hydrogens is 303 g/mol. The molecule has 0 saturated carbocycles. The van der Waals surface area contributed by atoms with E-state index in [0.29, 0.717) is 11.4 Å². The Morgan fingerprint density at radius 1 is 1.09 bits per heavy atom. The van der Waals surface area contributed by atoms with Gasteiger partial charge in [0.2, 0.25) is 11.8 Å². The summed E-state index contributed by atoms with van der Waals surface area (Å²) in [6.45, 7) is 0. The van der Waals surface area contributed by atoms with Gasteiger partial charge >= 0.3 is 0 Å². The van der Waals surface area contributed by atoms with Gasteiger partial charge in [0.15, 0.2) is 0 Å². The summed E-state index contributed by atoms with van der Waals surface area (Å²) in [6.07, 6.45) is 0.106. The molecule has 2 N–H and O–H groups in total. The van der Waals surface area contributed by atoms with Crippen LogP contribution in [0.4, 0.5) is 15.8 Å². The van der Waals surface area contributed by atoms with Crippen molar-refractivity contribution in [3.8, 4) is 0 Å². The van der Waals surface area contributed by atoms with Crippen LogP contribution in [0.25, 0.3) is 0 Å². The number of benzene rings is 2. The number of amides is 2. The van der Waals surface area contributed by atoms with E-state index in [-0.39, 0.29) is 18.2 Å². The van der Waals surface area contributed by atoms with E-state index in [9.17, 15) is 14.0 Å². The minimum Gasteiger partial charge on any atom is -0.398 e. The third-order valence-corrected chi connectivity index (χ3v) is 4.66. The van der Waals surface area contributed by atoms with Gasteiger partial charge in [0.25, 0.3) is 0 Å². The number of nitrogen functional groups attached to an aromatic ring is 1. The van der Waals surface area contributed by atoms with Crippen molar-refractivity contribution in [2.75, 3.05) is 10.6 Å². The van der Waals surface area contributed by atoms with Crippen LogP contribution in [0.15, 0.2) is 53.4 Å². The van der Waals surface area contributed by atoms with Gasteiger partial charge in [-0.05, 0) is 36.4 Å². The number of thioether (sulfide) groups is 1. The summed E-state index contributed by atoms with van der Waals surface area (Å²) in [6, 6.07) is 12.5. The van der Waals surface area contributed by atoms with Gasteiger partial charge in [-0.2, -0.15) is 0 Å². The monoisotopic (exact) mass is 316 g/mol. The number of carbonyl (C=O) groups excluding carboxylic acids is 2. The molecule has 2 aromatic carbocycles. The van der Waals surface area contributed by atoms with Crippen molar-refractivity contribution in [3.05, 3.63) is 54.3 Å². The lowest BCUT2D eigenvalue weighted by atomic mass is 10.3. The first-order valence-corrected chi connectivity index (χ1v) is 7.58. The van der Waals surface area contributed by atoms with E-state index in [4.69, 9.17) is 5.73 Å². The Hall–Kier alpha value is -2.34. The van der Waals surface area contributed by atoms with Crippen molar-refractivity contribution in [2.45, 2.75) is 16.6 Å². The zero-order valence-corrected chi connectivity index (χ0v) is 12.3. The summed E-state index contributed by atoms with van der Waals surface area (Å²) < 4.78 is 13.0. The zero-order chi connectivity index (χ0) is 15.7. The first-order valence-electron chi connectivity index (χ1n) is 6.70. The minimum atomic E-state index is -0.512. The number of hydrogen-bond donors (Lipinski definition) is 1. The van der Waals surface area contributed by atoms with E-state index in [1.807, 2.05) is 18.2 Å². The molecule has 3 rings (SSSR count). The van der Waals surface area contributed by atoms with Gasteiger partial charge in [0.1, 0.15) is 5.82 Å². The van der Waals surface area contributed by atoms with Gasteiger partial charge in [-0.3, -0.25) is 9.59 Å². The average Bonchev–Trinajstić information content (AvgIpc) is 2.77. The van der Waals surface area contributed by atoms with Gasteiger partial charge < -0.3 is 5.73 Å². The number of halogens is 1. The molecule has 1 saturated heterocycles. The smallest absolute Gasteiger partial charge is 0.247 e. The predicted molar refractivity (Wildman–Crippen MR) is 84.0 cm³/mol. The highest BCUT2D eigenvalue weighted by molar-refractivity contribution is 8.00. The standard InChI is InChI=1S/C16H13FN2O2S/c17-10-5-7-11(8-6-10)19-15(20)9-14(16(19)21)22-13-4-2-1-3-12(13)18/h1-8,14H,9,18H2. The van der Waals surface area contributed by atoms with Gasteiger partial charge in [-0.1, -0.05) is 12.1 Å². The first-order chi connectivity index (χ1) is 10.6. The molecule has 1 atom stereocenters. The molecule has 2 amide bonds. The first kappa shape index (κ1) is 14.6. The molecule has 0 aliphatic carbocycles. The molecule has 1 aliphatic rings. The number of nitrogens with two attached hydrogens (primary N) is 1. The highest BCUT2D eigenvalue weighted by Crippen LogP contribution is 2.36. The fourth-order valence-electron chi connectivity index (χ4n) is 2.30. The number of rotatable bonds is 3. The fraction of sp³-hybridized carbons (Fsp3) is 0.125. The van der Waals surface area contributed by atoms with Crippen LogP contribution in [0.1, 0.15) is 6.42 Å². The molecule has 1 heterocycles. The quantitative estimate of drug-likeness (QED) is 0.698. The molecule has 22 heavy (non-hydrogen) atoms. The number of carbonyl (C=O) groups is 2. The number of nitrogens with zero attached hydrogens (tertiary/aromatic N) is 1. The Balaban J connectivity index is 1.82.